The Morgan fingerprint density at radius 2 is 1.75 bits per heavy atom. The summed E-state index contributed by atoms with van der Waals surface area (Å²) in [6, 6.07) is 13.6. The molecule has 9 nitrogen and oxygen atoms in total. The molecular formula is C27H29N5O4. The van der Waals surface area contributed by atoms with Crippen LogP contribution >= 0.6 is 0 Å². The molecule has 2 heterocycles. The lowest BCUT2D eigenvalue weighted by molar-refractivity contribution is 0.0936. The molecule has 0 atom stereocenters. The third-order valence-electron chi connectivity index (χ3n) is 6.67. The van der Waals surface area contributed by atoms with Gasteiger partial charge in [-0.3, -0.25) is 19.0 Å². The first-order chi connectivity index (χ1) is 17.3. The molecule has 1 aliphatic rings. The maximum Gasteiger partial charge on any atom is 0.352 e. The van der Waals surface area contributed by atoms with Gasteiger partial charge in [0, 0.05) is 23.7 Å². The lowest BCUT2D eigenvalue weighted by atomic mass is 10.1. The number of rotatable bonds is 7. The van der Waals surface area contributed by atoms with Crippen LogP contribution in [0.1, 0.15) is 60.2 Å². The van der Waals surface area contributed by atoms with Crippen molar-refractivity contribution in [1.82, 2.24) is 24.1 Å². The van der Waals surface area contributed by atoms with Gasteiger partial charge in [0.05, 0.1) is 10.9 Å². The molecule has 1 N–H and O–H groups in total. The molecular weight excluding hydrogens is 458 g/mol. The lowest BCUT2D eigenvalue weighted by Crippen LogP contribution is -2.33. The van der Waals surface area contributed by atoms with E-state index in [9.17, 15) is 19.2 Å². The van der Waals surface area contributed by atoms with Gasteiger partial charge in [-0.05, 0) is 37.0 Å². The quantitative estimate of drug-likeness (QED) is 0.403. The fourth-order valence-electron chi connectivity index (χ4n) is 4.88. The highest BCUT2D eigenvalue weighted by Crippen LogP contribution is 2.19. The summed E-state index contributed by atoms with van der Waals surface area (Å²) in [7, 11) is 0. The molecule has 0 spiro atoms. The Kier molecular flexibility index (Phi) is 6.30. The first kappa shape index (κ1) is 23.7. The van der Waals surface area contributed by atoms with E-state index in [2.05, 4.69) is 10.4 Å². The Balaban J connectivity index is 1.65. The number of ketones is 1. The number of hydrogen-bond acceptors (Lipinski definition) is 5. The van der Waals surface area contributed by atoms with E-state index in [1.165, 1.54) is 8.97 Å². The van der Waals surface area contributed by atoms with Gasteiger partial charge < -0.3 is 5.32 Å². The number of fused-ring (bicyclic) bond motifs is 3. The van der Waals surface area contributed by atoms with Gasteiger partial charge in [0.15, 0.2) is 5.78 Å². The van der Waals surface area contributed by atoms with Crippen LogP contribution in [0.25, 0.3) is 16.7 Å². The van der Waals surface area contributed by atoms with Crippen LogP contribution in [0.15, 0.2) is 58.1 Å². The Bertz CT molecular complexity index is 1570. The maximum atomic E-state index is 13.5. The number of carbonyl (C=O) groups is 2. The smallest absolute Gasteiger partial charge is 0.349 e. The summed E-state index contributed by atoms with van der Waals surface area (Å²) < 4.78 is 3.89. The summed E-state index contributed by atoms with van der Waals surface area (Å²) in [4.78, 5) is 52.7. The van der Waals surface area contributed by atoms with E-state index >= 15 is 0 Å². The normalized spacial score (nSPS) is 14.2. The topological polar surface area (TPSA) is 107 Å². The Labute approximate surface area is 207 Å². The van der Waals surface area contributed by atoms with Crippen molar-refractivity contribution >= 4 is 28.4 Å². The highest BCUT2D eigenvalue weighted by molar-refractivity contribution is 5.98. The summed E-state index contributed by atoms with van der Waals surface area (Å²) in [6.07, 6.45) is 4.08. The third-order valence-corrected chi connectivity index (χ3v) is 6.67. The van der Waals surface area contributed by atoms with Crippen molar-refractivity contribution < 1.29 is 9.59 Å². The molecule has 1 fully saturated rings. The van der Waals surface area contributed by atoms with Crippen LogP contribution in [0.3, 0.4) is 0 Å². The van der Waals surface area contributed by atoms with E-state index in [-0.39, 0.29) is 41.5 Å². The first-order valence-corrected chi connectivity index (χ1v) is 12.4. The van der Waals surface area contributed by atoms with Crippen molar-refractivity contribution in [2.24, 2.45) is 5.92 Å². The molecule has 5 rings (SSSR count). The van der Waals surface area contributed by atoms with Crippen LogP contribution in [0, 0.1) is 5.92 Å². The van der Waals surface area contributed by atoms with Gasteiger partial charge in [-0.1, -0.05) is 57.0 Å². The van der Waals surface area contributed by atoms with Crippen molar-refractivity contribution in [2.45, 2.75) is 58.7 Å². The summed E-state index contributed by atoms with van der Waals surface area (Å²) in [6.45, 7) is 4.03. The predicted octanol–water partition coefficient (Wildman–Crippen LogP) is 3.02. The van der Waals surface area contributed by atoms with E-state index in [4.69, 9.17) is 0 Å². The Morgan fingerprint density at radius 1 is 1.03 bits per heavy atom. The van der Waals surface area contributed by atoms with E-state index < -0.39 is 5.69 Å². The average molecular weight is 488 g/mol. The molecule has 0 saturated heterocycles. The molecule has 0 unspecified atom stereocenters. The molecule has 1 amide bonds. The van der Waals surface area contributed by atoms with E-state index in [0.29, 0.717) is 28.6 Å². The molecule has 186 valence electrons. The number of carbonyl (C=O) groups excluding carboxylic acids is 2. The lowest BCUT2D eigenvalue weighted by Gasteiger charge is -2.14. The number of amides is 1. The largest absolute Gasteiger partial charge is 0.352 e. The molecule has 2 aromatic carbocycles. The van der Waals surface area contributed by atoms with Crippen molar-refractivity contribution in [2.75, 3.05) is 0 Å². The molecule has 0 bridgehead atoms. The molecule has 0 aliphatic heterocycles. The fourth-order valence-corrected chi connectivity index (χ4v) is 4.88. The van der Waals surface area contributed by atoms with Crippen LogP contribution in [0.4, 0.5) is 0 Å². The Morgan fingerprint density at radius 3 is 2.44 bits per heavy atom. The van der Waals surface area contributed by atoms with E-state index in [1.807, 2.05) is 19.9 Å². The zero-order valence-electron chi connectivity index (χ0n) is 20.4. The number of Topliss-reactive ketones (excluding diaryl/α,β-unsaturated/α-hetero) is 1. The number of nitrogens with one attached hydrogen (secondary N) is 1. The summed E-state index contributed by atoms with van der Waals surface area (Å²) in [5, 5.41) is 7.77. The number of aromatic nitrogens is 4. The van der Waals surface area contributed by atoms with E-state index in [1.54, 1.807) is 42.5 Å². The molecule has 2 aromatic heterocycles. The Hall–Kier alpha value is -4.01. The number of nitrogens with zero attached hydrogens (tertiary/aromatic N) is 4. The molecule has 1 aliphatic carbocycles. The van der Waals surface area contributed by atoms with Gasteiger partial charge in [0.1, 0.15) is 6.54 Å². The average Bonchev–Trinajstić information content (AvgIpc) is 3.49. The SMILES string of the molecule is CC(C)Cn1c(=O)c2ccc(C(=O)NC3CCCC3)cc2n2c(=O)n(CC(=O)c3ccccc3)nc12. The minimum Gasteiger partial charge on any atom is -0.349 e. The minimum absolute atomic E-state index is 0.117. The van der Waals surface area contributed by atoms with Crippen LogP contribution in [0.2, 0.25) is 0 Å². The molecule has 0 radical (unpaired) electrons. The number of hydrogen-bond donors (Lipinski definition) is 1. The standard InChI is InChI=1S/C27H29N5O4/c1-17(2)15-30-25(35)21-13-12-19(24(34)28-20-10-6-7-11-20)14-22(21)32-26(30)29-31(27(32)36)16-23(33)18-8-4-3-5-9-18/h3-5,8-9,12-14,17,20H,6-7,10-11,15-16H2,1-2H3,(H,28,34). The van der Waals surface area contributed by atoms with E-state index in [0.717, 1.165) is 30.4 Å². The first-order valence-electron chi connectivity index (χ1n) is 12.4. The summed E-state index contributed by atoms with van der Waals surface area (Å²) in [5.41, 5.74) is 0.316. The van der Waals surface area contributed by atoms with Gasteiger partial charge in [0.2, 0.25) is 5.78 Å². The van der Waals surface area contributed by atoms with Crippen molar-refractivity contribution in [1.29, 1.82) is 0 Å². The summed E-state index contributed by atoms with van der Waals surface area (Å²) >= 11 is 0. The zero-order chi connectivity index (χ0) is 25.4. The van der Waals surface area contributed by atoms with Gasteiger partial charge in [-0.2, -0.15) is 0 Å². The van der Waals surface area contributed by atoms with Crippen LogP contribution in [0.5, 0.6) is 0 Å². The summed E-state index contributed by atoms with van der Waals surface area (Å²) in [5.74, 6) is -0.227. The van der Waals surface area contributed by atoms with Gasteiger partial charge >= 0.3 is 5.69 Å². The van der Waals surface area contributed by atoms with Crippen LogP contribution in [-0.4, -0.2) is 36.5 Å². The molecule has 36 heavy (non-hydrogen) atoms. The molecule has 1 saturated carbocycles. The zero-order valence-corrected chi connectivity index (χ0v) is 20.4. The maximum absolute atomic E-state index is 13.5. The van der Waals surface area contributed by atoms with Gasteiger partial charge in [-0.15, -0.1) is 5.10 Å². The highest BCUT2D eigenvalue weighted by Gasteiger charge is 2.22. The van der Waals surface area contributed by atoms with Crippen LogP contribution in [-0.2, 0) is 13.1 Å². The fraction of sp³-hybridized carbons (Fsp3) is 0.370. The number of benzene rings is 2. The molecule has 9 heteroatoms. The highest BCUT2D eigenvalue weighted by atomic mass is 16.2. The van der Waals surface area contributed by atoms with Crippen molar-refractivity contribution in [3.8, 4) is 0 Å². The van der Waals surface area contributed by atoms with Crippen LogP contribution < -0.4 is 16.6 Å². The molecule has 4 aromatic rings. The van der Waals surface area contributed by atoms with Gasteiger partial charge in [-0.25, -0.2) is 13.9 Å². The predicted molar refractivity (Wildman–Crippen MR) is 137 cm³/mol. The van der Waals surface area contributed by atoms with Crippen molar-refractivity contribution in [3.05, 3.63) is 80.5 Å². The van der Waals surface area contributed by atoms with Gasteiger partial charge in [0.25, 0.3) is 11.5 Å². The second kappa shape index (κ2) is 9.56. The third kappa shape index (κ3) is 4.36. The minimum atomic E-state index is -0.537. The monoisotopic (exact) mass is 487 g/mol. The van der Waals surface area contributed by atoms with Crippen molar-refractivity contribution in [3.63, 3.8) is 0 Å². The second-order valence-electron chi connectivity index (χ2n) is 9.86. The second-order valence-corrected chi connectivity index (χ2v) is 9.86.